The lowest BCUT2D eigenvalue weighted by molar-refractivity contribution is 0.100. The highest BCUT2D eigenvalue weighted by Gasteiger charge is 2.15. The summed E-state index contributed by atoms with van der Waals surface area (Å²) in [6, 6.07) is 10.8. The molecule has 4 N–H and O–H groups in total. The molecule has 0 saturated heterocycles. The van der Waals surface area contributed by atoms with Gasteiger partial charge >= 0.3 is 0 Å². The van der Waals surface area contributed by atoms with E-state index in [1.54, 1.807) is 24.4 Å². The molecule has 1 amide bonds. The van der Waals surface area contributed by atoms with Crippen LogP contribution in [0.2, 0.25) is 0 Å². The number of nitrogens with two attached hydrogens (primary N) is 2. The summed E-state index contributed by atoms with van der Waals surface area (Å²) in [6.07, 6.45) is 1.73. The maximum Gasteiger partial charge on any atom is 0.250 e. The first-order valence-corrected chi connectivity index (χ1v) is 5.89. The van der Waals surface area contributed by atoms with Crippen LogP contribution in [0.15, 0.2) is 42.6 Å². The predicted octanol–water partition coefficient (Wildman–Crippen LogP) is 1.40. The predicted molar refractivity (Wildman–Crippen MR) is 75.7 cm³/mol. The molecule has 1 heterocycles. The molecular formula is C14H16N4O. The highest BCUT2D eigenvalue weighted by atomic mass is 16.1. The molecule has 1 aromatic heterocycles. The first-order chi connectivity index (χ1) is 9.09. The SMILES string of the molecule is CN(Cc1ccccn1)c1c(N)cccc1C(N)=O. The Balaban J connectivity index is 2.33. The highest BCUT2D eigenvalue weighted by molar-refractivity contribution is 6.01. The van der Waals surface area contributed by atoms with Gasteiger partial charge in [-0.1, -0.05) is 12.1 Å². The average molecular weight is 256 g/mol. The molecule has 0 atom stereocenters. The first kappa shape index (κ1) is 12.9. The second-order valence-corrected chi connectivity index (χ2v) is 4.28. The monoisotopic (exact) mass is 256 g/mol. The lowest BCUT2D eigenvalue weighted by atomic mass is 10.1. The van der Waals surface area contributed by atoms with Gasteiger partial charge in [0.25, 0.3) is 5.91 Å². The minimum absolute atomic E-state index is 0.415. The third-order valence-corrected chi connectivity index (χ3v) is 2.84. The maximum atomic E-state index is 11.5. The average Bonchev–Trinajstić information content (AvgIpc) is 2.39. The van der Waals surface area contributed by atoms with Gasteiger partial charge in [0, 0.05) is 13.2 Å². The summed E-state index contributed by atoms with van der Waals surface area (Å²) >= 11 is 0. The minimum Gasteiger partial charge on any atom is -0.397 e. The van der Waals surface area contributed by atoms with Crippen LogP contribution in [-0.4, -0.2) is 17.9 Å². The number of benzene rings is 1. The number of anilines is 2. The third kappa shape index (κ3) is 2.82. The second kappa shape index (κ2) is 5.39. The normalized spacial score (nSPS) is 10.2. The van der Waals surface area contributed by atoms with Gasteiger partial charge in [-0.2, -0.15) is 0 Å². The van der Waals surface area contributed by atoms with Gasteiger partial charge in [-0.15, -0.1) is 0 Å². The van der Waals surface area contributed by atoms with E-state index in [9.17, 15) is 4.79 Å². The van der Waals surface area contributed by atoms with E-state index in [0.29, 0.717) is 23.5 Å². The molecule has 0 bridgehead atoms. The zero-order valence-corrected chi connectivity index (χ0v) is 10.7. The van der Waals surface area contributed by atoms with E-state index in [2.05, 4.69) is 4.98 Å². The third-order valence-electron chi connectivity index (χ3n) is 2.84. The van der Waals surface area contributed by atoms with E-state index < -0.39 is 5.91 Å². The van der Waals surface area contributed by atoms with Crippen LogP contribution in [0, 0.1) is 0 Å². The Hall–Kier alpha value is -2.56. The van der Waals surface area contributed by atoms with Gasteiger partial charge < -0.3 is 16.4 Å². The largest absolute Gasteiger partial charge is 0.397 e. The van der Waals surface area contributed by atoms with Gasteiger partial charge in [-0.25, -0.2) is 0 Å². The molecule has 98 valence electrons. The van der Waals surface area contributed by atoms with Gasteiger partial charge in [-0.05, 0) is 24.3 Å². The van der Waals surface area contributed by atoms with E-state index in [1.807, 2.05) is 30.1 Å². The van der Waals surface area contributed by atoms with Crippen LogP contribution in [0.5, 0.6) is 0 Å². The summed E-state index contributed by atoms with van der Waals surface area (Å²) in [5.74, 6) is -0.491. The molecule has 0 spiro atoms. The van der Waals surface area contributed by atoms with Crippen molar-refractivity contribution in [2.45, 2.75) is 6.54 Å². The molecule has 5 heteroatoms. The smallest absolute Gasteiger partial charge is 0.250 e. The van der Waals surface area contributed by atoms with E-state index >= 15 is 0 Å². The van der Waals surface area contributed by atoms with Crippen molar-refractivity contribution in [1.29, 1.82) is 0 Å². The number of para-hydroxylation sites is 1. The number of amides is 1. The lowest BCUT2D eigenvalue weighted by Gasteiger charge is -2.22. The molecule has 0 aliphatic rings. The summed E-state index contributed by atoms with van der Waals surface area (Å²) < 4.78 is 0. The number of pyridine rings is 1. The molecule has 5 nitrogen and oxygen atoms in total. The fraction of sp³-hybridized carbons (Fsp3) is 0.143. The molecule has 2 aromatic rings. The standard InChI is InChI=1S/C14H16N4O/c1-18(9-10-5-2-3-8-17-10)13-11(14(16)19)6-4-7-12(13)15/h2-8H,9,15H2,1H3,(H2,16,19). The van der Waals surface area contributed by atoms with Crippen LogP contribution >= 0.6 is 0 Å². The fourth-order valence-electron chi connectivity index (χ4n) is 2.00. The number of nitrogen functional groups attached to an aromatic ring is 1. The Morgan fingerprint density at radius 2 is 2.05 bits per heavy atom. The number of aromatic nitrogens is 1. The number of carbonyl (C=O) groups excluding carboxylic acids is 1. The number of nitrogens with zero attached hydrogens (tertiary/aromatic N) is 2. The summed E-state index contributed by atoms with van der Waals surface area (Å²) in [5, 5.41) is 0. The van der Waals surface area contributed by atoms with Crippen LogP contribution in [-0.2, 0) is 6.54 Å². The van der Waals surface area contributed by atoms with Gasteiger partial charge in [-0.3, -0.25) is 9.78 Å². The second-order valence-electron chi connectivity index (χ2n) is 4.28. The molecule has 0 radical (unpaired) electrons. The maximum absolute atomic E-state index is 11.5. The van der Waals surface area contributed by atoms with E-state index in [4.69, 9.17) is 11.5 Å². The minimum atomic E-state index is -0.491. The number of primary amides is 1. The molecular weight excluding hydrogens is 240 g/mol. The van der Waals surface area contributed by atoms with E-state index in [0.717, 1.165) is 5.69 Å². The van der Waals surface area contributed by atoms with Crippen LogP contribution in [0.1, 0.15) is 16.1 Å². The number of hydrogen-bond acceptors (Lipinski definition) is 4. The fourth-order valence-corrected chi connectivity index (χ4v) is 2.00. The van der Waals surface area contributed by atoms with Gasteiger partial charge in [0.05, 0.1) is 29.2 Å². The quantitative estimate of drug-likeness (QED) is 0.810. The van der Waals surface area contributed by atoms with Crippen molar-refractivity contribution in [3.63, 3.8) is 0 Å². The highest BCUT2D eigenvalue weighted by Crippen LogP contribution is 2.27. The molecule has 1 aromatic carbocycles. The summed E-state index contributed by atoms with van der Waals surface area (Å²) in [6.45, 7) is 0.551. The van der Waals surface area contributed by atoms with Crippen molar-refractivity contribution in [2.24, 2.45) is 5.73 Å². The van der Waals surface area contributed by atoms with Gasteiger partial charge in [0.2, 0.25) is 0 Å². The first-order valence-electron chi connectivity index (χ1n) is 5.89. The van der Waals surface area contributed by atoms with Crippen LogP contribution < -0.4 is 16.4 Å². The van der Waals surface area contributed by atoms with Crippen molar-refractivity contribution in [2.75, 3.05) is 17.7 Å². The van der Waals surface area contributed by atoms with Crippen LogP contribution in [0.25, 0.3) is 0 Å². The number of carbonyl (C=O) groups is 1. The summed E-state index contributed by atoms with van der Waals surface area (Å²) in [4.78, 5) is 17.6. The molecule has 0 aliphatic heterocycles. The Labute approximate surface area is 111 Å². The van der Waals surface area contributed by atoms with Crippen molar-refractivity contribution in [3.8, 4) is 0 Å². The van der Waals surface area contributed by atoms with Crippen LogP contribution in [0.4, 0.5) is 11.4 Å². The summed E-state index contributed by atoms with van der Waals surface area (Å²) in [5.41, 5.74) is 13.8. The zero-order valence-electron chi connectivity index (χ0n) is 10.7. The van der Waals surface area contributed by atoms with Gasteiger partial charge in [0.1, 0.15) is 0 Å². The van der Waals surface area contributed by atoms with E-state index in [1.165, 1.54) is 0 Å². The van der Waals surface area contributed by atoms with Crippen molar-refractivity contribution >= 4 is 17.3 Å². The topological polar surface area (TPSA) is 85.2 Å². The Morgan fingerprint density at radius 3 is 2.68 bits per heavy atom. The summed E-state index contributed by atoms with van der Waals surface area (Å²) in [7, 11) is 1.85. The number of rotatable bonds is 4. The molecule has 0 aliphatic carbocycles. The lowest BCUT2D eigenvalue weighted by Crippen LogP contribution is -2.23. The Kier molecular flexibility index (Phi) is 3.66. The molecule has 2 rings (SSSR count). The molecule has 19 heavy (non-hydrogen) atoms. The van der Waals surface area contributed by atoms with Crippen molar-refractivity contribution < 1.29 is 4.79 Å². The van der Waals surface area contributed by atoms with E-state index in [-0.39, 0.29) is 0 Å². The van der Waals surface area contributed by atoms with Crippen molar-refractivity contribution in [3.05, 3.63) is 53.9 Å². The number of hydrogen-bond donors (Lipinski definition) is 2. The van der Waals surface area contributed by atoms with Crippen LogP contribution in [0.3, 0.4) is 0 Å². The molecule has 0 fully saturated rings. The van der Waals surface area contributed by atoms with Gasteiger partial charge in [0.15, 0.2) is 0 Å². The Morgan fingerprint density at radius 1 is 1.26 bits per heavy atom. The molecule has 0 unspecified atom stereocenters. The molecule has 0 saturated carbocycles. The zero-order chi connectivity index (χ0) is 13.8. The van der Waals surface area contributed by atoms with Crippen molar-refractivity contribution in [1.82, 2.24) is 4.98 Å². The Bertz CT molecular complexity index is 583.